The van der Waals surface area contributed by atoms with Crippen LogP contribution >= 0.6 is 0 Å². The van der Waals surface area contributed by atoms with Crippen molar-refractivity contribution in [2.75, 3.05) is 0 Å². The number of aryl methyl sites for hydroxylation is 2. The van der Waals surface area contributed by atoms with E-state index >= 15 is 0 Å². The molecule has 0 aliphatic heterocycles. The molecule has 2 aromatic rings. The molecule has 116 valence electrons. The van der Waals surface area contributed by atoms with Crippen molar-refractivity contribution in [2.24, 2.45) is 5.73 Å². The fourth-order valence-electron chi connectivity index (χ4n) is 2.50. The molecular formula is C17H21N3O2. The van der Waals surface area contributed by atoms with Crippen molar-refractivity contribution in [3.63, 3.8) is 0 Å². The predicted molar refractivity (Wildman–Crippen MR) is 86.1 cm³/mol. The van der Waals surface area contributed by atoms with Gasteiger partial charge in [-0.2, -0.15) is 0 Å². The maximum Gasteiger partial charge on any atom is 0.253 e. The largest absolute Gasteiger partial charge is 0.368 e. The summed E-state index contributed by atoms with van der Waals surface area (Å²) in [7, 11) is 0. The molecule has 2 amide bonds. The van der Waals surface area contributed by atoms with E-state index in [0.29, 0.717) is 5.56 Å². The Morgan fingerprint density at radius 2 is 1.86 bits per heavy atom. The number of amides is 2. The predicted octanol–water partition coefficient (Wildman–Crippen LogP) is 2.01. The number of benzene rings is 1. The van der Waals surface area contributed by atoms with Gasteiger partial charge in [-0.3, -0.25) is 9.59 Å². The van der Waals surface area contributed by atoms with Crippen molar-refractivity contribution >= 4 is 11.8 Å². The number of hydrogen-bond donors (Lipinski definition) is 2. The number of carbonyl (C=O) groups excluding carboxylic acids is 2. The normalized spacial score (nSPS) is 12.0. The number of aromatic nitrogens is 1. The monoisotopic (exact) mass is 299 g/mol. The topological polar surface area (TPSA) is 77.1 Å². The Kier molecular flexibility index (Phi) is 4.35. The van der Waals surface area contributed by atoms with Gasteiger partial charge in [-0.1, -0.05) is 12.1 Å². The third kappa shape index (κ3) is 3.03. The molecule has 0 saturated carbocycles. The van der Waals surface area contributed by atoms with E-state index in [1.807, 2.05) is 49.6 Å². The molecule has 1 aromatic carbocycles. The van der Waals surface area contributed by atoms with Crippen LogP contribution in [0, 0.1) is 20.8 Å². The van der Waals surface area contributed by atoms with Crippen LogP contribution in [0.25, 0.3) is 5.69 Å². The second kappa shape index (κ2) is 6.05. The highest BCUT2D eigenvalue weighted by Gasteiger charge is 2.19. The third-order valence-electron chi connectivity index (χ3n) is 3.71. The van der Waals surface area contributed by atoms with Crippen LogP contribution in [0.15, 0.2) is 30.3 Å². The van der Waals surface area contributed by atoms with Gasteiger partial charge in [0.2, 0.25) is 5.91 Å². The molecule has 0 fully saturated rings. The van der Waals surface area contributed by atoms with Gasteiger partial charge in [0.25, 0.3) is 5.91 Å². The van der Waals surface area contributed by atoms with E-state index in [0.717, 1.165) is 22.6 Å². The molecule has 3 N–H and O–H groups in total. The first-order valence-electron chi connectivity index (χ1n) is 7.17. The minimum Gasteiger partial charge on any atom is -0.368 e. The lowest BCUT2D eigenvalue weighted by Crippen LogP contribution is -2.42. The molecule has 0 aliphatic rings. The van der Waals surface area contributed by atoms with Gasteiger partial charge in [-0.25, -0.2) is 0 Å². The number of carbonyl (C=O) groups is 2. The van der Waals surface area contributed by atoms with E-state index in [4.69, 9.17) is 5.73 Å². The van der Waals surface area contributed by atoms with Crippen LogP contribution in [0.4, 0.5) is 0 Å². The summed E-state index contributed by atoms with van der Waals surface area (Å²) in [4.78, 5) is 23.4. The van der Waals surface area contributed by atoms with Gasteiger partial charge < -0.3 is 15.6 Å². The SMILES string of the molecule is Cc1cccc(-n2c(C)cc(C(=O)NC(C)C(N)=O)c2C)c1. The van der Waals surface area contributed by atoms with Crippen LogP contribution in [0.1, 0.15) is 34.2 Å². The average molecular weight is 299 g/mol. The Bertz CT molecular complexity index is 732. The zero-order chi connectivity index (χ0) is 16.4. The highest BCUT2D eigenvalue weighted by molar-refractivity contribution is 5.98. The van der Waals surface area contributed by atoms with Crippen molar-refractivity contribution in [1.29, 1.82) is 0 Å². The Hall–Kier alpha value is -2.56. The number of hydrogen-bond acceptors (Lipinski definition) is 2. The molecule has 0 aliphatic carbocycles. The molecule has 1 heterocycles. The van der Waals surface area contributed by atoms with Gasteiger partial charge in [0.1, 0.15) is 6.04 Å². The van der Waals surface area contributed by atoms with Crippen LogP contribution in [-0.4, -0.2) is 22.4 Å². The smallest absolute Gasteiger partial charge is 0.253 e. The van der Waals surface area contributed by atoms with Crippen molar-refractivity contribution in [3.8, 4) is 5.69 Å². The molecule has 5 heteroatoms. The Morgan fingerprint density at radius 1 is 1.18 bits per heavy atom. The quantitative estimate of drug-likeness (QED) is 0.906. The van der Waals surface area contributed by atoms with Crippen molar-refractivity contribution in [3.05, 3.63) is 52.8 Å². The van der Waals surface area contributed by atoms with E-state index in [1.54, 1.807) is 6.92 Å². The molecule has 1 atom stereocenters. The van der Waals surface area contributed by atoms with Crippen LogP contribution in [0.5, 0.6) is 0 Å². The second-order valence-corrected chi connectivity index (χ2v) is 5.56. The van der Waals surface area contributed by atoms with Gasteiger partial charge >= 0.3 is 0 Å². The van der Waals surface area contributed by atoms with Gasteiger partial charge in [0.05, 0.1) is 5.56 Å². The molecule has 1 aromatic heterocycles. The summed E-state index contributed by atoms with van der Waals surface area (Å²) in [6.07, 6.45) is 0. The molecule has 2 rings (SSSR count). The summed E-state index contributed by atoms with van der Waals surface area (Å²) in [5.74, 6) is -0.848. The molecule has 5 nitrogen and oxygen atoms in total. The first-order chi connectivity index (χ1) is 10.3. The first-order valence-corrected chi connectivity index (χ1v) is 7.17. The summed E-state index contributed by atoms with van der Waals surface area (Å²) in [5.41, 5.74) is 9.68. The van der Waals surface area contributed by atoms with Crippen LogP contribution in [-0.2, 0) is 4.79 Å². The van der Waals surface area contributed by atoms with Crippen molar-refractivity contribution in [1.82, 2.24) is 9.88 Å². The second-order valence-electron chi connectivity index (χ2n) is 5.56. The number of nitrogens with one attached hydrogen (secondary N) is 1. The van der Waals surface area contributed by atoms with Gasteiger partial charge in [0, 0.05) is 17.1 Å². The number of rotatable bonds is 4. The fraction of sp³-hybridized carbons (Fsp3) is 0.294. The van der Waals surface area contributed by atoms with E-state index in [-0.39, 0.29) is 5.91 Å². The van der Waals surface area contributed by atoms with Gasteiger partial charge in [0.15, 0.2) is 0 Å². The number of nitrogens with two attached hydrogens (primary N) is 1. The van der Waals surface area contributed by atoms with E-state index in [9.17, 15) is 9.59 Å². The molecule has 0 spiro atoms. The summed E-state index contributed by atoms with van der Waals surface area (Å²) >= 11 is 0. The van der Waals surface area contributed by atoms with Crippen LogP contribution < -0.4 is 11.1 Å². The van der Waals surface area contributed by atoms with Crippen molar-refractivity contribution in [2.45, 2.75) is 33.7 Å². The zero-order valence-electron chi connectivity index (χ0n) is 13.3. The maximum absolute atomic E-state index is 12.3. The Morgan fingerprint density at radius 3 is 2.45 bits per heavy atom. The lowest BCUT2D eigenvalue weighted by Gasteiger charge is -2.12. The molecule has 1 unspecified atom stereocenters. The molecule has 0 radical (unpaired) electrons. The lowest BCUT2D eigenvalue weighted by atomic mass is 10.2. The lowest BCUT2D eigenvalue weighted by molar-refractivity contribution is -0.119. The Balaban J connectivity index is 2.39. The Labute approximate surface area is 130 Å². The van der Waals surface area contributed by atoms with E-state index in [1.165, 1.54) is 0 Å². The minimum atomic E-state index is -0.700. The van der Waals surface area contributed by atoms with Crippen molar-refractivity contribution < 1.29 is 9.59 Å². The average Bonchev–Trinajstić information content (AvgIpc) is 2.73. The van der Waals surface area contributed by atoms with Crippen LogP contribution in [0.3, 0.4) is 0 Å². The highest BCUT2D eigenvalue weighted by atomic mass is 16.2. The number of nitrogens with zero attached hydrogens (tertiary/aromatic N) is 1. The highest BCUT2D eigenvalue weighted by Crippen LogP contribution is 2.21. The van der Waals surface area contributed by atoms with Crippen LogP contribution in [0.2, 0.25) is 0 Å². The minimum absolute atomic E-state index is 0.293. The molecule has 22 heavy (non-hydrogen) atoms. The maximum atomic E-state index is 12.3. The molecule has 0 saturated heterocycles. The fourth-order valence-corrected chi connectivity index (χ4v) is 2.50. The molecular weight excluding hydrogens is 278 g/mol. The third-order valence-corrected chi connectivity index (χ3v) is 3.71. The molecule has 0 bridgehead atoms. The zero-order valence-corrected chi connectivity index (χ0v) is 13.3. The first kappa shape index (κ1) is 15.8. The van der Waals surface area contributed by atoms with Gasteiger partial charge in [-0.05, 0) is 51.5 Å². The number of primary amides is 1. The van der Waals surface area contributed by atoms with Gasteiger partial charge in [-0.15, -0.1) is 0 Å². The summed E-state index contributed by atoms with van der Waals surface area (Å²) in [6.45, 7) is 7.43. The summed E-state index contributed by atoms with van der Waals surface area (Å²) in [5, 5.41) is 2.61. The summed E-state index contributed by atoms with van der Waals surface area (Å²) in [6, 6.07) is 9.20. The standard InChI is InChI=1S/C17H21N3O2/c1-10-6-5-7-14(8-10)20-11(2)9-15(13(20)4)17(22)19-12(3)16(18)21/h5-9,12H,1-4H3,(H2,18,21)(H,19,22). The summed E-state index contributed by atoms with van der Waals surface area (Å²) < 4.78 is 2.02. The van der Waals surface area contributed by atoms with E-state index in [2.05, 4.69) is 11.4 Å². The van der Waals surface area contributed by atoms with E-state index < -0.39 is 11.9 Å².